The molecule has 1 amide bonds. The lowest BCUT2D eigenvalue weighted by molar-refractivity contribution is 0.0319. The van der Waals surface area contributed by atoms with Gasteiger partial charge in [-0.05, 0) is 42.4 Å². The summed E-state index contributed by atoms with van der Waals surface area (Å²) in [6.07, 6.45) is 2.67. The van der Waals surface area contributed by atoms with Crippen LogP contribution in [0, 0.1) is 5.92 Å². The Bertz CT molecular complexity index is 627. The van der Waals surface area contributed by atoms with Crippen LogP contribution >= 0.6 is 0 Å². The smallest absolute Gasteiger partial charge is 0.267 e. The van der Waals surface area contributed by atoms with Gasteiger partial charge in [-0.2, -0.15) is 0 Å². The lowest BCUT2D eigenvalue weighted by atomic mass is 9.90. The lowest BCUT2D eigenvalue weighted by Crippen LogP contribution is -2.41. The first-order valence-electron chi connectivity index (χ1n) is 8.51. The second-order valence-corrected chi connectivity index (χ2v) is 7.81. The number of hydrogen-bond donors (Lipinski definition) is 2. The van der Waals surface area contributed by atoms with Crippen molar-refractivity contribution >= 4 is 5.91 Å². The Morgan fingerprint density at radius 3 is 2.91 bits per heavy atom. The van der Waals surface area contributed by atoms with Gasteiger partial charge < -0.3 is 10.8 Å². The standard InChI is InChI=1S/C18H27N3O2/c1-11-9-21(7-5-15(11)22)10-12-8-14(17(19)23)20-16-13(12)4-6-18(16,2)3/h8,11,15,22H,4-7,9-10H2,1-3H3,(H2,19,23)/t11-,15-/m1/s1. The summed E-state index contributed by atoms with van der Waals surface area (Å²) >= 11 is 0. The Balaban J connectivity index is 1.91. The number of fused-ring (bicyclic) bond motifs is 1. The zero-order valence-corrected chi connectivity index (χ0v) is 14.3. The summed E-state index contributed by atoms with van der Waals surface area (Å²) in [4.78, 5) is 18.6. The largest absolute Gasteiger partial charge is 0.393 e. The second-order valence-electron chi connectivity index (χ2n) is 7.81. The van der Waals surface area contributed by atoms with Gasteiger partial charge in [0.1, 0.15) is 5.69 Å². The molecule has 1 aromatic heterocycles. The molecule has 0 bridgehead atoms. The summed E-state index contributed by atoms with van der Waals surface area (Å²) < 4.78 is 0. The van der Waals surface area contributed by atoms with Crippen molar-refractivity contribution in [2.75, 3.05) is 13.1 Å². The molecular weight excluding hydrogens is 290 g/mol. The number of pyridine rings is 1. The highest BCUT2D eigenvalue weighted by Crippen LogP contribution is 2.39. The molecule has 5 heteroatoms. The molecule has 0 spiro atoms. The van der Waals surface area contributed by atoms with Crippen LogP contribution in [0.25, 0.3) is 0 Å². The van der Waals surface area contributed by atoms with E-state index in [-0.39, 0.29) is 17.4 Å². The van der Waals surface area contributed by atoms with Crippen LogP contribution in [-0.4, -0.2) is 40.1 Å². The van der Waals surface area contributed by atoms with Crippen molar-refractivity contribution < 1.29 is 9.90 Å². The van der Waals surface area contributed by atoms with E-state index in [0.717, 1.165) is 44.6 Å². The highest BCUT2D eigenvalue weighted by Gasteiger charge is 2.34. The summed E-state index contributed by atoms with van der Waals surface area (Å²) in [5, 5.41) is 9.90. The van der Waals surface area contributed by atoms with Gasteiger partial charge in [0.25, 0.3) is 5.91 Å². The number of rotatable bonds is 3. The minimum Gasteiger partial charge on any atom is -0.393 e. The molecule has 0 aromatic carbocycles. The topological polar surface area (TPSA) is 79.5 Å². The molecule has 2 aliphatic rings. The first-order chi connectivity index (χ1) is 10.8. The van der Waals surface area contributed by atoms with E-state index in [1.54, 1.807) is 0 Å². The fraction of sp³-hybridized carbons (Fsp3) is 0.667. The van der Waals surface area contributed by atoms with E-state index in [1.807, 2.05) is 6.07 Å². The third-order valence-corrected chi connectivity index (χ3v) is 5.45. The maximum atomic E-state index is 11.7. The summed E-state index contributed by atoms with van der Waals surface area (Å²) in [5.74, 6) is -0.176. The molecule has 2 atom stereocenters. The van der Waals surface area contributed by atoms with Crippen molar-refractivity contribution in [1.82, 2.24) is 9.88 Å². The van der Waals surface area contributed by atoms with E-state index in [1.165, 1.54) is 11.1 Å². The number of carbonyl (C=O) groups excluding carboxylic acids is 1. The quantitative estimate of drug-likeness (QED) is 0.887. The Labute approximate surface area is 137 Å². The van der Waals surface area contributed by atoms with Gasteiger partial charge in [0.2, 0.25) is 0 Å². The number of aromatic nitrogens is 1. The highest BCUT2D eigenvalue weighted by atomic mass is 16.3. The molecule has 126 valence electrons. The number of aliphatic hydroxyl groups excluding tert-OH is 1. The summed E-state index contributed by atoms with van der Waals surface area (Å²) in [7, 11) is 0. The Morgan fingerprint density at radius 1 is 1.52 bits per heavy atom. The predicted octanol–water partition coefficient (Wildman–Crippen LogP) is 1.61. The van der Waals surface area contributed by atoms with Crippen molar-refractivity contribution in [3.8, 4) is 0 Å². The number of aliphatic hydroxyl groups is 1. The zero-order chi connectivity index (χ0) is 16.8. The molecule has 0 radical (unpaired) electrons. The Morgan fingerprint density at radius 2 is 2.26 bits per heavy atom. The minimum atomic E-state index is -0.459. The fourth-order valence-corrected chi connectivity index (χ4v) is 3.89. The van der Waals surface area contributed by atoms with E-state index >= 15 is 0 Å². The third kappa shape index (κ3) is 3.12. The third-order valence-electron chi connectivity index (χ3n) is 5.45. The van der Waals surface area contributed by atoms with Crippen molar-refractivity contribution in [3.63, 3.8) is 0 Å². The van der Waals surface area contributed by atoms with E-state index in [9.17, 15) is 9.90 Å². The van der Waals surface area contributed by atoms with E-state index in [2.05, 4.69) is 30.7 Å². The molecule has 0 saturated carbocycles. The van der Waals surface area contributed by atoms with Gasteiger partial charge >= 0.3 is 0 Å². The number of nitrogens with two attached hydrogens (primary N) is 1. The SMILES string of the molecule is C[C@@H]1CN(Cc2cc(C(N)=O)nc3c2CCC3(C)C)CC[C@H]1O. The van der Waals surface area contributed by atoms with Crippen molar-refractivity contribution in [2.24, 2.45) is 11.7 Å². The van der Waals surface area contributed by atoms with Crippen LogP contribution in [0.4, 0.5) is 0 Å². The van der Waals surface area contributed by atoms with Crippen molar-refractivity contribution in [3.05, 3.63) is 28.6 Å². The molecule has 3 N–H and O–H groups in total. The van der Waals surface area contributed by atoms with Gasteiger partial charge in [-0.25, -0.2) is 4.98 Å². The van der Waals surface area contributed by atoms with Crippen LogP contribution in [0.3, 0.4) is 0 Å². The Hall–Kier alpha value is -1.46. The molecule has 3 rings (SSSR count). The molecule has 1 aliphatic heterocycles. The molecule has 2 heterocycles. The fourth-order valence-electron chi connectivity index (χ4n) is 3.89. The van der Waals surface area contributed by atoms with Gasteiger partial charge in [-0.15, -0.1) is 0 Å². The summed E-state index contributed by atoms with van der Waals surface area (Å²) in [6.45, 7) is 9.02. The average Bonchev–Trinajstić information content (AvgIpc) is 2.79. The van der Waals surface area contributed by atoms with E-state index in [4.69, 9.17) is 5.73 Å². The summed E-state index contributed by atoms with van der Waals surface area (Å²) in [5.41, 5.74) is 9.37. The van der Waals surface area contributed by atoms with Gasteiger partial charge in [0.15, 0.2) is 0 Å². The molecule has 23 heavy (non-hydrogen) atoms. The lowest BCUT2D eigenvalue weighted by Gasteiger charge is -2.34. The normalized spacial score (nSPS) is 27.0. The van der Waals surface area contributed by atoms with Gasteiger partial charge in [-0.3, -0.25) is 9.69 Å². The molecule has 1 aliphatic carbocycles. The molecule has 5 nitrogen and oxygen atoms in total. The first kappa shape index (κ1) is 16.4. The van der Waals surface area contributed by atoms with Gasteiger partial charge in [0.05, 0.1) is 11.8 Å². The van der Waals surface area contributed by atoms with Gasteiger partial charge in [0, 0.05) is 25.0 Å². The monoisotopic (exact) mass is 317 g/mol. The number of piperidine rings is 1. The van der Waals surface area contributed by atoms with Crippen LogP contribution in [0.15, 0.2) is 6.07 Å². The van der Waals surface area contributed by atoms with Crippen LogP contribution in [0.2, 0.25) is 0 Å². The molecule has 1 fully saturated rings. The molecule has 0 unspecified atom stereocenters. The molecular formula is C18H27N3O2. The number of hydrogen-bond acceptors (Lipinski definition) is 4. The first-order valence-corrected chi connectivity index (χ1v) is 8.51. The summed E-state index contributed by atoms with van der Waals surface area (Å²) in [6, 6.07) is 1.87. The van der Waals surface area contributed by atoms with Gasteiger partial charge in [-0.1, -0.05) is 20.8 Å². The second kappa shape index (κ2) is 5.87. The number of amides is 1. The van der Waals surface area contributed by atoms with Crippen molar-refractivity contribution in [2.45, 2.75) is 58.1 Å². The zero-order valence-electron chi connectivity index (χ0n) is 14.3. The Kier molecular flexibility index (Phi) is 4.19. The van der Waals surface area contributed by atoms with E-state index < -0.39 is 5.91 Å². The number of nitrogens with zero attached hydrogens (tertiary/aromatic N) is 2. The van der Waals surface area contributed by atoms with Crippen LogP contribution in [-0.2, 0) is 18.4 Å². The van der Waals surface area contributed by atoms with E-state index in [0.29, 0.717) is 5.69 Å². The molecule has 1 saturated heterocycles. The maximum Gasteiger partial charge on any atom is 0.267 e. The predicted molar refractivity (Wildman–Crippen MR) is 89.2 cm³/mol. The minimum absolute atomic E-state index is 0.000920. The van der Waals surface area contributed by atoms with Crippen LogP contribution in [0.1, 0.15) is 60.9 Å². The highest BCUT2D eigenvalue weighted by molar-refractivity contribution is 5.91. The molecule has 1 aromatic rings. The van der Waals surface area contributed by atoms with Crippen LogP contribution in [0.5, 0.6) is 0 Å². The number of carbonyl (C=O) groups is 1. The number of likely N-dealkylation sites (tertiary alicyclic amines) is 1. The average molecular weight is 317 g/mol. The van der Waals surface area contributed by atoms with Crippen molar-refractivity contribution in [1.29, 1.82) is 0 Å². The number of primary amides is 1. The van der Waals surface area contributed by atoms with Crippen LogP contribution < -0.4 is 5.73 Å². The maximum absolute atomic E-state index is 11.7.